The number of hydrogen-bond acceptors (Lipinski definition) is 2. The van der Waals surface area contributed by atoms with Gasteiger partial charge in [-0.05, 0) is 31.2 Å². The Balaban J connectivity index is 2.13. The monoisotopic (exact) mass is 293 g/mol. The average molecular weight is 294 g/mol. The minimum absolute atomic E-state index is 0.0928. The zero-order chi connectivity index (χ0) is 14.4. The summed E-state index contributed by atoms with van der Waals surface area (Å²) in [5.41, 5.74) is 1.04. The van der Waals surface area contributed by atoms with Crippen LogP contribution in [0.15, 0.2) is 42.5 Å². The third-order valence-corrected chi connectivity index (χ3v) is 3.14. The van der Waals surface area contributed by atoms with Crippen LogP contribution in [0.1, 0.15) is 18.9 Å². The quantitative estimate of drug-likeness (QED) is 0.775. The third-order valence-electron chi connectivity index (χ3n) is 2.83. The van der Waals surface area contributed by atoms with Crippen LogP contribution in [0.3, 0.4) is 0 Å². The number of para-hydroxylation sites is 1. The molecule has 0 bridgehead atoms. The second-order valence-electron chi connectivity index (χ2n) is 4.46. The minimum atomic E-state index is -0.481. The second-order valence-corrected chi connectivity index (χ2v) is 4.87. The van der Waals surface area contributed by atoms with Crippen molar-refractivity contribution in [3.8, 4) is 11.5 Å². The highest BCUT2D eigenvalue weighted by atomic mass is 35.5. The van der Waals surface area contributed by atoms with Crippen molar-refractivity contribution in [3.63, 3.8) is 0 Å². The van der Waals surface area contributed by atoms with Gasteiger partial charge in [0.15, 0.2) is 0 Å². The van der Waals surface area contributed by atoms with Gasteiger partial charge in [-0.1, -0.05) is 36.7 Å². The Morgan fingerprint density at radius 3 is 2.75 bits per heavy atom. The summed E-state index contributed by atoms with van der Waals surface area (Å²) >= 11 is 5.66. The predicted molar refractivity (Wildman–Crippen MR) is 79.9 cm³/mol. The van der Waals surface area contributed by atoms with Gasteiger partial charge in [0.25, 0.3) is 0 Å². The third kappa shape index (κ3) is 3.95. The lowest BCUT2D eigenvalue weighted by Crippen LogP contribution is -2.14. The van der Waals surface area contributed by atoms with Crippen molar-refractivity contribution in [1.82, 2.24) is 5.32 Å². The molecule has 106 valence electrons. The summed E-state index contributed by atoms with van der Waals surface area (Å²) in [6.45, 7) is 3.79. The molecule has 0 atom stereocenters. The lowest BCUT2D eigenvalue weighted by Gasteiger charge is -2.12. The minimum Gasteiger partial charge on any atom is -0.457 e. The maximum atomic E-state index is 13.4. The summed E-state index contributed by atoms with van der Waals surface area (Å²) in [6.07, 6.45) is 1.07. The fourth-order valence-electron chi connectivity index (χ4n) is 1.82. The van der Waals surface area contributed by atoms with Crippen molar-refractivity contribution in [2.75, 3.05) is 6.54 Å². The van der Waals surface area contributed by atoms with Crippen LogP contribution in [0.4, 0.5) is 4.39 Å². The number of rotatable bonds is 6. The van der Waals surface area contributed by atoms with Gasteiger partial charge in [0.05, 0.1) is 5.02 Å². The van der Waals surface area contributed by atoms with Crippen molar-refractivity contribution in [3.05, 3.63) is 58.9 Å². The molecule has 2 aromatic rings. The van der Waals surface area contributed by atoms with Crippen LogP contribution < -0.4 is 10.1 Å². The van der Waals surface area contributed by atoms with Crippen molar-refractivity contribution in [1.29, 1.82) is 0 Å². The van der Waals surface area contributed by atoms with E-state index >= 15 is 0 Å². The van der Waals surface area contributed by atoms with E-state index < -0.39 is 5.82 Å². The molecule has 2 aromatic carbocycles. The van der Waals surface area contributed by atoms with E-state index in [1.54, 1.807) is 6.07 Å². The van der Waals surface area contributed by atoms with Gasteiger partial charge in [-0.3, -0.25) is 0 Å². The van der Waals surface area contributed by atoms with E-state index in [1.165, 1.54) is 12.1 Å². The predicted octanol–water partition coefficient (Wildman–Crippen LogP) is 4.77. The first-order valence-electron chi connectivity index (χ1n) is 6.62. The highest BCUT2D eigenvalue weighted by Gasteiger charge is 2.06. The van der Waals surface area contributed by atoms with Crippen LogP contribution in [0.25, 0.3) is 0 Å². The maximum absolute atomic E-state index is 13.4. The molecule has 0 fully saturated rings. The van der Waals surface area contributed by atoms with Crippen LogP contribution >= 0.6 is 11.6 Å². The van der Waals surface area contributed by atoms with Crippen LogP contribution in [0.5, 0.6) is 11.5 Å². The molecule has 0 saturated carbocycles. The first-order chi connectivity index (χ1) is 9.70. The van der Waals surface area contributed by atoms with E-state index in [0.29, 0.717) is 5.75 Å². The second kappa shape index (κ2) is 7.27. The summed E-state index contributed by atoms with van der Waals surface area (Å²) in [4.78, 5) is 0. The summed E-state index contributed by atoms with van der Waals surface area (Å²) in [5, 5.41) is 3.42. The zero-order valence-electron chi connectivity index (χ0n) is 11.3. The lowest BCUT2D eigenvalue weighted by molar-refractivity contribution is 0.467. The molecular formula is C16H17ClFNO. The summed E-state index contributed by atoms with van der Waals surface area (Å²) in [5.74, 6) is 0.679. The smallest absolute Gasteiger partial charge is 0.145 e. The first kappa shape index (κ1) is 14.8. The van der Waals surface area contributed by atoms with Gasteiger partial charge in [0.1, 0.15) is 17.3 Å². The molecule has 0 amide bonds. The standard InChI is InChI=1S/C16H17ClFNO/c1-2-9-19-11-12-5-3-4-6-16(12)20-13-7-8-14(17)15(18)10-13/h3-8,10,19H,2,9,11H2,1H3. The van der Waals surface area contributed by atoms with Gasteiger partial charge in [-0.15, -0.1) is 0 Å². The molecule has 0 unspecified atom stereocenters. The SMILES string of the molecule is CCCNCc1ccccc1Oc1ccc(Cl)c(F)c1. The Labute approximate surface area is 123 Å². The van der Waals surface area contributed by atoms with Crippen molar-refractivity contribution >= 4 is 11.6 Å². The molecule has 0 aliphatic rings. The largest absolute Gasteiger partial charge is 0.457 e. The highest BCUT2D eigenvalue weighted by molar-refractivity contribution is 6.30. The fraction of sp³-hybridized carbons (Fsp3) is 0.250. The molecule has 20 heavy (non-hydrogen) atoms. The molecule has 2 rings (SSSR count). The molecule has 0 spiro atoms. The van der Waals surface area contributed by atoms with Crippen LogP contribution in [0, 0.1) is 5.82 Å². The number of ether oxygens (including phenoxy) is 1. The molecule has 2 nitrogen and oxygen atoms in total. The van der Waals surface area contributed by atoms with Crippen LogP contribution in [0.2, 0.25) is 5.02 Å². The summed E-state index contributed by atoms with van der Waals surface area (Å²) in [6, 6.07) is 12.1. The number of nitrogens with one attached hydrogen (secondary N) is 1. The van der Waals surface area contributed by atoms with Gasteiger partial charge < -0.3 is 10.1 Å². The Hall–Kier alpha value is -1.58. The highest BCUT2D eigenvalue weighted by Crippen LogP contribution is 2.27. The lowest BCUT2D eigenvalue weighted by atomic mass is 10.2. The van der Waals surface area contributed by atoms with Gasteiger partial charge >= 0.3 is 0 Å². The molecule has 0 aromatic heterocycles. The van der Waals surface area contributed by atoms with Gasteiger partial charge in [0.2, 0.25) is 0 Å². The van der Waals surface area contributed by atoms with E-state index in [-0.39, 0.29) is 5.02 Å². The molecule has 0 heterocycles. The summed E-state index contributed by atoms with van der Waals surface area (Å²) < 4.78 is 19.1. The van der Waals surface area contributed by atoms with E-state index in [1.807, 2.05) is 24.3 Å². The molecular weight excluding hydrogens is 277 g/mol. The number of halogens is 2. The molecule has 1 N–H and O–H groups in total. The molecule has 4 heteroatoms. The Morgan fingerprint density at radius 2 is 2.00 bits per heavy atom. The van der Waals surface area contributed by atoms with Gasteiger partial charge in [-0.25, -0.2) is 4.39 Å². The topological polar surface area (TPSA) is 21.3 Å². The van der Waals surface area contributed by atoms with Gasteiger partial charge in [0, 0.05) is 18.2 Å². The fourth-order valence-corrected chi connectivity index (χ4v) is 1.93. The molecule has 0 saturated heterocycles. The van der Waals surface area contributed by atoms with Crippen LogP contribution in [-0.4, -0.2) is 6.54 Å². The molecule has 0 radical (unpaired) electrons. The van der Waals surface area contributed by atoms with E-state index in [0.717, 1.165) is 30.8 Å². The summed E-state index contributed by atoms with van der Waals surface area (Å²) in [7, 11) is 0. The number of hydrogen-bond donors (Lipinski definition) is 1. The van der Waals surface area contributed by atoms with E-state index in [9.17, 15) is 4.39 Å². The van der Waals surface area contributed by atoms with Crippen molar-refractivity contribution < 1.29 is 9.13 Å². The Morgan fingerprint density at radius 1 is 1.20 bits per heavy atom. The Bertz CT molecular complexity index is 574. The van der Waals surface area contributed by atoms with Crippen molar-refractivity contribution in [2.45, 2.75) is 19.9 Å². The average Bonchev–Trinajstić information content (AvgIpc) is 2.45. The normalized spacial score (nSPS) is 10.6. The molecule has 0 aliphatic heterocycles. The van der Waals surface area contributed by atoms with Crippen molar-refractivity contribution in [2.24, 2.45) is 0 Å². The zero-order valence-corrected chi connectivity index (χ0v) is 12.1. The maximum Gasteiger partial charge on any atom is 0.145 e. The van der Waals surface area contributed by atoms with E-state index in [2.05, 4.69) is 12.2 Å². The van der Waals surface area contributed by atoms with Crippen LogP contribution in [-0.2, 0) is 6.54 Å². The first-order valence-corrected chi connectivity index (χ1v) is 7.00. The number of benzene rings is 2. The van der Waals surface area contributed by atoms with E-state index in [4.69, 9.17) is 16.3 Å². The Kier molecular flexibility index (Phi) is 5.39. The van der Waals surface area contributed by atoms with Gasteiger partial charge in [-0.2, -0.15) is 0 Å². The molecule has 0 aliphatic carbocycles.